The lowest BCUT2D eigenvalue weighted by Crippen LogP contribution is -2.66. The van der Waals surface area contributed by atoms with Crippen LogP contribution in [-0.2, 0) is 101 Å². The van der Waals surface area contributed by atoms with Gasteiger partial charge in [0.1, 0.15) is 62.0 Å². The molecular formula is C96H138O13. The summed E-state index contributed by atoms with van der Waals surface area (Å²) in [5.41, 5.74) is 5.61. The molecule has 2 aliphatic heterocycles. The summed E-state index contributed by atoms with van der Waals surface area (Å²) >= 11 is 0. The normalized spacial score (nSPS) is 20.1. The molecular weight excluding hydrogens is 1360 g/mol. The highest BCUT2D eigenvalue weighted by Crippen LogP contribution is 2.38. The number of unbranched alkanes of at least 4 members (excludes halogenated alkanes) is 24. The molecule has 13 nitrogen and oxygen atoms in total. The second kappa shape index (κ2) is 55.4. The van der Waals surface area contributed by atoms with Crippen molar-refractivity contribution in [1.82, 2.24) is 0 Å². The van der Waals surface area contributed by atoms with Crippen molar-refractivity contribution in [3.05, 3.63) is 215 Å². The predicted octanol–water partition coefficient (Wildman–Crippen LogP) is 23.6. The summed E-state index contributed by atoms with van der Waals surface area (Å²) in [6.45, 7) is 9.80. The molecule has 0 spiro atoms. The van der Waals surface area contributed by atoms with Crippen LogP contribution in [0.4, 0.5) is 0 Å². The summed E-state index contributed by atoms with van der Waals surface area (Å²) in [6.07, 6.45) is 28.5. The van der Waals surface area contributed by atoms with E-state index in [1.165, 1.54) is 128 Å². The van der Waals surface area contributed by atoms with Gasteiger partial charge in [-0.05, 0) is 70.9 Å². The van der Waals surface area contributed by atoms with Crippen molar-refractivity contribution in [2.75, 3.05) is 13.2 Å². The highest BCUT2D eigenvalue weighted by molar-refractivity contribution is 5.70. The Morgan fingerprint density at radius 1 is 0.275 bits per heavy atom. The zero-order valence-electron chi connectivity index (χ0n) is 67.3. The lowest BCUT2D eigenvalue weighted by molar-refractivity contribution is -0.393. The molecule has 0 unspecified atom stereocenters. The average Bonchev–Trinajstić information content (AvgIpc) is 0.768. The zero-order valence-corrected chi connectivity index (χ0v) is 67.3. The Morgan fingerprint density at radius 3 is 0.725 bits per heavy atom. The lowest BCUT2D eigenvalue weighted by Gasteiger charge is -2.49. The van der Waals surface area contributed by atoms with Crippen LogP contribution in [-0.4, -0.2) is 86.6 Å². The van der Waals surface area contributed by atoms with Gasteiger partial charge in [-0.1, -0.05) is 389 Å². The maximum atomic E-state index is 14.8. The molecule has 109 heavy (non-hydrogen) atoms. The van der Waals surface area contributed by atoms with Crippen LogP contribution in [0, 0.1) is 11.8 Å². The highest BCUT2D eigenvalue weighted by Gasteiger charge is 2.55. The van der Waals surface area contributed by atoms with Gasteiger partial charge in [0.25, 0.3) is 0 Å². The van der Waals surface area contributed by atoms with Gasteiger partial charge >= 0.3 is 11.9 Å². The van der Waals surface area contributed by atoms with Crippen molar-refractivity contribution in [2.24, 2.45) is 11.8 Å². The molecule has 10 atom stereocenters. The SMILES string of the molecule is CCCCCCCCCC(CCCCCCCCC)CC(=O)OC[C@H]1O[C@H](O[C@H]2O[C@H](COC(=O)CC(CCCCCCCCC)CCCCCCCCC)[C@@H](OCc3ccccc3)[C@@H](OCc3ccccc3)[C@H]2OCc2ccccc2)[C@H](OCc2ccccc2)[C@H](OCc2ccccc2)[C@@H]1OCc1ccccc1. The molecule has 2 heterocycles. The molecule has 0 aromatic heterocycles. The first kappa shape index (κ1) is 88.5. The van der Waals surface area contributed by atoms with Gasteiger partial charge in [-0.3, -0.25) is 9.59 Å². The van der Waals surface area contributed by atoms with Gasteiger partial charge in [0.2, 0.25) is 0 Å². The van der Waals surface area contributed by atoms with Gasteiger partial charge in [-0.2, -0.15) is 0 Å². The molecule has 13 heteroatoms. The first-order valence-electron chi connectivity index (χ1n) is 43.0. The van der Waals surface area contributed by atoms with Crippen LogP contribution in [0.1, 0.15) is 279 Å². The summed E-state index contributed by atoms with van der Waals surface area (Å²) in [5, 5.41) is 0. The van der Waals surface area contributed by atoms with Crippen LogP contribution < -0.4 is 0 Å². The monoisotopic (exact) mass is 1500 g/mol. The smallest absolute Gasteiger partial charge is 0.306 e. The van der Waals surface area contributed by atoms with Crippen molar-refractivity contribution in [1.29, 1.82) is 0 Å². The van der Waals surface area contributed by atoms with E-state index in [1.807, 2.05) is 182 Å². The summed E-state index contributed by atoms with van der Waals surface area (Å²) < 4.78 is 79.1. The van der Waals surface area contributed by atoms with Crippen LogP contribution in [0.5, 0.6) is 0 Å². The molecule has 0 bridgehead atoms. The Hall–Kier alpha value is -6.10. The van der Waals surface area contributed by atoms with Crippen molar-refractivity contribution in [3.63, 3.8) is 0 Å². The molecule has 8 rings (SSSR count). The topological polar surface area (TPSA) is 136 Å². The van der Waals surface area contributed by atoms with Crippen LogP contribution in [0.2, 0.25) is 0 Å². The van der Waals surface area contributed by atoms with Crippen molar-refractivity contribution < 1.29 is 61.7 Å². The molecule has 6 aromatic rings. The van der Waals surface area contributed by atoms with E-state index in [4.69, 9.17) is 52.1 Å². The third-order valence-electron chi connectivity index (χ3n) is 21.8. The quantitative estimate of drug-likeness (QED) is 0.0265. The Labute approximate surface area is 657 Å². The Morgan fingerprint density at radius 2 is 0.486 bits per heavy atom. The predicted molar refractivity (Wildman–Crippen MR) is 437 cm³/mol. The number of hydrogen-bond donors (Lipinski definition) is 0. The molecule has 6 aromatic carbocycles. The minimum atomic E-state index is -1.29. The molecule has 2 aliphatic rings. The Kier molecular flexibility index (Phi) is 44.9. The Balaban J connectivity index is 1.17. The molecule has 600 valence electrons. The van der Waals surface area contributed by atoms with E-state index < -0.39 is 61.4 Å². The van der Waals surface area contributed by atoms with E-state index in [-0.39, 0.29) is 76.6 Å². The van der Waals surface area contributed by atoms with Gasteiger partial charge in [0.05, 0.1) is 39.6 Å². The van der Waals surface area contributed by atoms with Crippen molar-refractivity contribution in [3.8, 4) is 0 Å². The summed E-state index contributed by atoms with van der Waals surface area (Å²) in [7, 11) is 0. The van der Waals surface area contributed by atoms with Gasteiger partial charge in [0, 0.05) is 12.8 Å². The summed E-state index contributed by atoms with van der Waals surface area (Å²) in [6, 6.07) is 60.3. The van der Waals surface area contributed by atoms with E-state index in [0.717, 1.165) is 110 Å². The second-order valence-corrected chi connectivity index (χ2v) is 30.9. The molecule has 0 aliphatic carbocycles. The van der Waals surface area contributed by atoms with Crippen LogP contribution >= 0.6 is 0 Å². The number of rotatable bonds is 60. The van der Waals surface area contributed by atoms with E-state index in [9.17, 15) is 9.59 Å². The largest absolute Gasteiger partial charge is 0.463 e. The van der Waals surface area contributed by atoms with Gasteiger partial charge in [-0.25, -0.2) is 0 Å². The fourth-order valence-corrected chi connectivity index (χ4v) is 15.3. The molecule has 2 fully saturated rings. The second-order valence-electron chi connectivity index (χ2n) is 30.9. The molecule has 0 saturated carbocycles. The number of carbonyl (C=O) groups excluding carboxylic acids is 2. The molecule has 2 saturated heterocycles. The number of esters is 2. The van der Waals surface area contributed by atoms with Crippen LogP contribution in [0.15, 0.2) is 182 Å². The number of benzene rings is 6. The Bertz CT molecular complexity index is 2930. The minimum Gasteiger partial charge on any atom is -0.463 e. The minimum absolute atomic E-state index is 0.152. The van der Waals surface area contributed by atoms with E-state index >= 15 is 0 Å². The highest BCUT2D eigenvalue weighted by atomic mass is 16.8. The van der Waals surface area contributed by atoms with E-state index in [2.05, 4.69) is 27.7 Å². The zero-order chi connectivity index (χ0) is 76.2. The lowest BCUT2D eigenvalue weighted by atomic mass is 9.91. The third kappa shape index (κ3) is 35.2. The average molecular weight is 1500 g/mol. The molecule has 0 radical (unpaired) electrons. The first-order chi connectivity index (χ1) is 53.8. The maximum Gasteiger partial charge on any atom is 0.306 e. The molecule has 0 amide bonds. The van der Waals surface area contributed by atoms with Crippen molar-refractivity contribution >= 4 is 11.9 Å². The fraction of sp³-hybridized carbons (Fsp3) is 0.604. The van der Waals surface area contributed by atoms with Gasteiger partial charge < -0.3 is 52.1 Å². The van der Waals surface area contributed by atoms with Crippen molar-refractivity contribution in [2.45, 2.75) is 347 Å². The van der Waals surface area contributed by atoms with Crippen LogP contribution in [0.3, 0.4) is 0 Å². The van der Waals surface area contributed by atoms with Crippen LogP contribution in [0.25, 0.3) is 0 Å². The number of ether oxygens (including phenoxy) is 11. The number of carbonyl (C=O) groups is 2. The number of hydrogen-bond acceptors (Lipinski definition) is 13. The van der Waals surface area contributed by atoms with Gasteiger partial charge in [0.15, 0.2) is 12.6 Å². The maximum absolute atomic E-state index is 14.8. The summed E-state index contributed by atoms with van der Waals surface area (Å²) in [4.78, 5) is 29.6. The third-order valence-corrected chi connectivity index (χ3v) is 21.8. The standard InChI is InChI=1S/C96H138O13/c1-5-9-13-17-21-25-35-51-77(52-36-26-22-18-14-10-6-2)67-87(97)99-75-85-89(101-69-79-55-39-29-40-56-79)91(103-71-81-59-43-31-44-60-81)93(105-73-83-63-47-33-48-64-83)95(107-85)109-96-94(106-74-84-65-49-34-50-66-84)92(104-72-82-61-45-32-46-62-82)90(102-70-80-57-41-30-42-58-80)86(108-96)76-100-88(98)68-78(53-37-27-23-19-15-11-7-3)54-38-28-24-20-16-12-8-4/h29-34,39-50,55-66,77-78,85-86,89-96H,5-28,35-38,51-54,67-76H2,1-4H3/t85-,86-,89-,90-,91-,92-,93-,94-,95-,96-/m1/s1. The van der Waals surface area contributed by atoms with E-state index in [0.29, 0.717) is 12.8 Å². The molecule has 0 N–H and O–H groups in total. The first-order valence-corrected chi connectivity index (χ1v) is 43.0. The van der Waals surface area contributed by atoms with E-state index in [1.54, 1.807) is 0 Å². The fourth-order valence-electron chi connectivity index (χ4n) is 15.3. The van der Waals surface area contributed by atoms with Gasteiger partial charge in [-0.15, -0.1) is 0 Å². The summed E-state index contributed by atoms with van der Waals surface area (Å²) in [5.74, 6) is -0.158.